The van der Waals surface area contributed by atoms with Crippen LogP contribution in [0.5, 0.6) is 5.75 Å². The van der Waals surface area contributed by atoms with Crippen LogP contribution in [0, 0.1) is 0 Å². The van der Waals surface area contributed by atoms with Crippen LogP contribution in [0.1, 0.15) is 17.2 Å². The summed E-state index contributed by atoms with van der Waals surface area (Å²) in [6.07, 6.45) is 0.388. The van der Waals surface area contributed by atoms with Gasteiger partial charge < -0.3 is 24.5 Å². The minimum Gasteiger partial charge on any atom is -0.489 e. The lowest BCUT2D eigenvalue weighted by Gasteiger charge is -2.26. The second-order valence-corrected chi connectivity index (χ2v) is 8.00. The molecule has 33 heavy (non-hydrogen) atoms. The number of fused-ring (bicyclic) bond motifs is 1. The van der Waals surface area contributed by atoms with Crippen LogP contribution in [0.4, 0.5) is 4.79 Å². The molecule has 0 saturated carbocycles. The molecule has 0 radical (unpaired) electrons. The van der Waals surface area contributed by atoms with Gasteiger partial charge in [-0.3, -0.25) is 0 Å². The van der Waals surface area contributed by atoms with Crippen molar-refractivity contribution in [2.75, 3.05) is 13.7 Å². The second kappa shape index (κ2) is 10.4. The number of rotatable bonds is 8. The van der Waals surface area contributed by atoms with Crippen molar-refractivity contribution >= 4 is 28.6 Å². The van der Waals surface area contributed by atoms with E-state index in [0.29, 0.717) is 11.6 Å². The molecule has 1 aromatic heterocycles. The van der Waals surface area contributed by atoms with Gasteiger partial charge in [0.15, 0.2) is 0 Å². The molecule has 0 bridgehead atoms. The molecule has 2 atom stereocenters. The van der Waals surface area contributed by atoms with Gasteiger partial charge in [-0.15, -0.1) is 0 Å². The van der Waals surface area contributed by atoms with E-state index < -0.39 is 18.2 Å². The van der Waals surface area contributed by atoms with E-state index in [-0.39, 0.29) is 6.61 Å². The smallest absolute Gasteiger partial charge is 0.406 e. The van der Waals surface area contributed by atoms with Crippen molar-refractivity contribution in [1.82, 2.24) is 9.88 Å². The highest BCUT2D eigenvalue weighted by Crippen LogP contribution is 2.30. The maximum Gasteiger partial charge on any atom is 0.406 e. The van der Waals surface area contributed by atoms with E-state index in [9.17, 15) is 9.90 Å². The highest BCUT2D eigenvalue weighted by Gasteiger charge is 2.25. The zero-order chi connectivity index (χ0) is 23.2. The van der Waals surface area contributed by atoms with Gasteiger partial charge in [0.2, 0.25) is 0 Å². The monoisotopic (exact) mass is 464 g/mol. The zero-order valence-electron chi connectivity index (χ0n) is 18.1. The van der Waals surface area contributed by atoms with E-state index in [4.69, 9.17) is 21.1 Å². The highest BCUT2D eigenvalue weighted by atomic mass is 35.5. The van der Waals surface area contributed by atoms with Crippen molar-refractivity contribution in [2.24, 2.45) is 0 Å². The Morgan fingerprint density at radius 1 is 1.06 bits per heavy atom. The third-order valence-electron chi connectivity index (χ3n) is 5.44. The Hall–Kier alpha value is -3.48. The lowest BCUT2D eigenvalue weighted by atomic mass is 10.0. The molecule has 0 fully saturated rings. The van der Waals surface area contributed by atoms with E-state index in [2.05, 4.69) is 5.32 Å². The molecule has 4 aromatic rings. The van der Waals surface area contributed by atoms with Gasteiger partial charge in [-0.25, -0.2) is 4.79 Å². The molecule has 6 nitrogen and oxygen atoms in total. The Balaban J connectivity index is 1.60. The first-order valence-corrected chi connectivity index (χ1v) is 11.0. The summed E-state index contributed by atoms with van der Waals surface area (Å²) < 4.78 is 13.1. The van der Waals surface area contributed by atoms with Crippen molar-refractivity contribution in [3.63, 3.8) is 0 Å². The normalized spacial score (nSPS) is 12.8. The number of ether oxygens (including phenoxy) is 2. The van der Waals surface area contributed by atoms with Crippen LogP contribution in [0.3, 0.4) is 0 Å². The molecular formula is C26H25ClN2O4. The number of halogens is 1. The molecule has 0 aliphatic rings. The maximum absolute atomic E-state index is 11.5. The summed E-state index contributed by atoms with van der Waals surface area (Å²) in [5, 5.41) is 15.0. The first-order chi connectivity index (χ1) is 16.1. The second-order valence-electron chi connectivity index (χ2n) is 7.60. The fourth-order valence-corrected chi connectivity index (χ4v) is 3.98. The fraction of sp³-hybridized carbons (Fsp3) is 0.192. The van der Waals surface area contributed by atoms with E-state index in [1.54, 1.807) is 0 Å². The van der Waals surface area contributed by atoms with Gasteiger partial charge in [-0.2, -0.15) is 0 Å². The molecule has 4 rings (SSSR count). The molecule has 2 N–H and O–H groups in total. The Labute approximate surface area is 197 Å². The first-order valence-electron chi connectivity index (χ1n) is 10.6. The molecule has 3 aromatic carbocycles. The van der Waals surface area contributed by atoms with Crippen LogP contribution < -0.4 is 10.1 Å². The number of alkyl carbamates (subject to hydrolysis) is 1. The third kappa shape index (κ3) is 5.30. The molecule has 7 heteroatoms. The van der Waals surface area contributed by atoms with Crippen LogP contribution in [-0.2, 0) is 11.3 Å². The lowest BCUT2D eigenvalue weighted by Crippen LogP contribution is -2.32. The zero-order valence-corrected chi connectivity index (χ0v) is 18.9. The summed E-state index contributed by atoms with van der Waals surface area (Å²) in [7, 11) is 1.48. The molecule has 1 heterocycles. The van der Waals surface area contributed by atoms with Crippen molar-refractivity contribution < 1.29 is 19.4 Å². The number of nitrogens with zero attached hydrogens (tertiary/aromatic N) is 1. The predicted octanol–water partition coefficient (Wildman–Crippen LogP) is 5.18. The molecule has 1 amide bonds. The lowest BCUT2D eigenvalue weighted by molar-refractivity contribution is 0.0477. The Bertz CT molecular complexity index is 1230. The van der Waals surface area contributed by atoms with Gasteiger partial charge in [0.1, 0.15) is 25.1 Å². The van der Waals surface area contributed by atoms with Crippen molar-refractivity contribution in [2.45, 2.75) is 18.8 Å². The minimum atomic E-state index is -0.948. The SMILES string of the molecule is CNC(=O)OC[C@H](O)[C@H](c1ccccc1)n1ccc2cc(OCc3ccccc3Cl)ccc21. The summed E-state index contributed by atoms with van der Waals surface area (Å²) in [6, 6.07) is 24.6. The summed E-state index contributed by atoms with van der Waals surface area (Å²) >= 11 is 6.22. The molecule has 170 valence electrons. The van der Waals surface area contributed by atoms with Gasteiger partial charge >= 0.3 is 6.09 Å². The number of hydrogen-bond donors (Lipinski definition) is 2. The predicted molar refractivity (Wildman–Crippen MR) is 129 cm³/mol. The average molecular weight is 465 g/mol. The maximum atomic E-state index is 11.5. The van der Waals surface area contributed by atoms with Gasteiger partial charge in [0.05, 0.1) is 6.04 Å². The van der Waals surface area contributed by atoms with Crippen LogP contribution in [0.15, 0.2) is 85.1 Å². The number of benzene rings is 3. The van der Waals surface area contributed by atoms with E-state index >= 15 is 0 Å². The van der Waals surface area contributed by atoms with Gasteiger partial charge in [-0.05, 0) is 35.9 Å². The molecule has 0 aliphatic carbocycles. The van der Waals surface area contributed by atoms with Crippen molar-refractivity contribution in [3.05, 3.63) is 101 Å². The molecule has 0 aliphatic heterocycles. The number of aliphatic hydroxyl groups is 1. The standard InChI is InChI=1S/C26H25ClN2O4/c1-28-26(31)33-17-24(30)25(18-7-3-2-4-8-18)29-14-13-19-15-21(11-12-23(19)29)32-16-20-9-5-6-10-22(20)27/h2-15,24-25,30H,16-17H2,1H3,(H,28,31)/t24-,25-/m0/s1. The number of amides is 1. The number of carbonyl (C=O) groups excluding carboxylic acids is 1. The summed E-state index contributed by atoms with van der Waals surface area (Å²) in [6.45, 7) is 0.228. The minimum absolute atomic E-state index is 0.141. The summed E-state index contributed by atoms with van der Waals surface area (Å²) in [5.74, 6) is 0.722. The van der Waals surface area contributed by atoms with Crippen LogP contribution >= 0.6 is 11.6 Å². The van der Waals surface area contributed by atoms with Gasteiger partial charge in [-0.1, -0.05) is 60.1 Å². The first kappa shape index (κ1) is 22.7. The fourth-order valence-electron chi connectivity index (χ4n) is 3.79. The number of carbonyl (C=O) groups is 1. The van der Waals surface area contributed by atoms with E-state index in [0.717, 1.165) is 27.8 Å². The molecule has 0 saturated heterocycles. The number of nitrogens with one attached hydrogen (secondary N) is 1. The summed E-state index contributed by atoms with van der Waals surface area (Å²) in [5.41, 5.74) is 2.75. The third-order valence-corrected chi connectivity index (χ3v) is 5.81. The Morgan fingerprint density at radius 3 is 2.58 bits per heavy atom. The van der Waals surface area contributed by atoms with E-state index in [1.165, 1.54) is 7.05 Å². The van der Waals surface area contributed by atoms with Crippen LogP contribution in [-0.4, -0.2) is 35.5 Å². The largest absolute Gasteiger partial charge is 0.489 e. The van der Waals surface area contributed by atoms with Gasteiger partial charge in [0.25, 0.3) is 0 Å². The van der Waals surface area contributed by atoms with Crippen molar-refractivity contribution in [3.8, 4) is 5.75 Å². The Kier molecular flexibility index (Phi) is 7.17. The van der Waals surface area contributed by atoms with E-state index in [1.807, 2.05) is 89.6 Å². The Morgan fingerprint density at radius 2 is 1.82 bits per heavy atom. The average Bonchev–Trinajstić information content (AvgIpc) is 3.25. The molecule has 0 unspecified atom stereocenters. The van der Waals surface area contributed by atoms with Crippen LogP contribution in [0.25, 0.3) is 10.9 Å². The molecule has 0 spiro atoms. The van der Waals surface area contributed by atoms with Crippen molar-refractivity contribution in [1.29, 1.82) is 0 Å². The number of hydrogen-bond acceptors (Lipinski definition) is 4. The van der Waals surface area contributed by atoms with Gasteiger partial charge in [0, 0.05) is 34.7 Å². The molecular weight excluding hydrogens is 440 g/mol. The number of aliphatic hydroxyl groups excluding tert-OH is 1. The topological polar surface area (TPSA) is 72.7 Å². The summed E-state index contributed by atoms with van der Waals surface area (Å²) in [4.78, 5) is 11.5. The quantitative estimate of drug-likeness (QED) is 0.377. The number of aromatic nitrogens is 1. The van der Waals surface area contributed by atoms with Crippen LogP contribution in [0.2, 0.25) is 5.02 Å². The highest BCUT2D eigenvalue weighted by molar-refractivity contribution is 6.31.